The molecule has 0 bridgehead atoms. The lowest BCUT2D eigenvalue weighted by atomic mass is 9.97. The van der Waals surface area contributed by atoms with Crippen molar-refractivity contribution in [3.05, 3.63) is 0 Å². The van der Waals surface area contributed by atoms with E-state index >= 15 is 0 Å². The molecule has 248 valence electrons. The summed E-state index contributed by atoms with van der Waals surface area (Å²) in [6.07, 6.45) is 0.470. The van der Waals surface area contributed by atoms with Gasteiger partial charge in [-0.25, -0.2) is 4.79 Å². The maximum absolute atomic E-state index is 13.4. The molecular weight excluding hydrogens is 560 g/mol. The zero-order chi connectivity index (χ0) is 33.8. The van der Waals surface area contributed by atoms with Crippen molar-refractivity contribution >= 4 is 35.5 Å². The van der Waals surface area contributed by atoms with Crippen molar-refractivity contribution in [2.45, 2.75) is 112 Å². The molecule has 0 saturated carbocycles. The fourth-order valence-electron chi connectivity index (χ4n) is 4.04. The van der Waals surface area contributed by atoms with Gasteiger partial charge < -0.3 is 42.5 Å². The lowest BCUT2D eigenvalue weighted by Gasteiger charge is -2.30. The van der Waals surface area contributed by atoms with Crippen LogP contribution in [0.5, 0.6) is 0 Å². The third-order valence-electron chi connectivity index (χ3n) is 7.35. The van der Waals surface area contributed by atoms with Crippen LogP contribution in [-0.2, 0) is 28.8 Å². The van der Waals surface area contributed by atoms with Gasteiger partial charge in [-0.3, -0.25) is 24.0 Å². The number of aliphatic hydroxyl groups excluding tert-OH is 1. The first-order valence-corrected chi connectivity index (χ1v) is 14.9. The first-order chi connectivity index (χ1) is 19.8. The van der Waals surface area contributed by atoms with Crippen molar-refractivity contribution in [1.82, 2.24) is 26.6 Å². The van der Waals surface area contributed by atoms with Gasteiger partial charge in [0.2, 0.25) is 29.5 Å². The van der Waals surface area contributed by atoms with E-state index < -0.39 is 96.1 Å². The quantitative estimate of drug-likeness (QED) is 0.0992. The van der Waals surface area contributed by atoms with Gasteiger partial charge in [0.15, 0.2) is 0 Å². The summed E-state index contributed by atoms with van der Waals surface area (Å²) in [4.78, 5) is 76.6. The molecule has 5 amide bonds. The van der Waals surface area contributed by atoms with E-state index in [1.165, 1.54) is 0 Å². The number of carbonyl (C=O) groups excluding carboxylic acids is 5. The summed E-state index contributed by atoms with van der Waals surface area (Å²) in [5, 5.41) is 31.9. The number of nitrogens with one attached hydrogen (secondary N) is 5. The van der Waals surface area contributed by atoms with E-state index in [9.17, 15) is 39.0 Å². The van der Waals surface area contributed by atoms with Gasteiger partial charge >= 0.3 is 5.97 Å². The highest BCUT2D eigenvalue weighted by Crippen LogP contribution is 2.11. The minimum atomic E-state index is -1.47. The number of aliphatic carboxylic acids is 1. The Kier molecular flexibility index (Phi) is 17.0. The number of rotatable bonds is 18. The fraction of sp³-hybridized carbons (Fsp3) is 0.793. The molecule has 0 aliphatic heterocycles. The van der Waals surface area contributed by atoms with E-state index in [0.717, 1.165) is 0 Å². The molecule has 0 aromatic heterocycles. The molecule has 7 atom stereocenters. The fourth-order valence-corrected chi connectivity index (χ4v) is 4.04. The Hall–Kier alpha value is -3.26. The largest absolute Gasteiger partial charge is 0.480 e. The second-order valence-corrected chi connectivity index (χ2v) is 12.4. The van der Waals surface area contributed by atoms with Crippen molar-refractivity contribution in [1.29, 1.82) is 0 Å². The molecule has 0 fully saturated rings. The predicted octanol–water partition coefficient (Wildman–Crippen LogP) is -0.515. The number of carbonyl (C=O) groups is 6. The van der Waals surface area contributed by atoms with Crippen LogP contribution in [0, 0.1) is 29.6 Å². The van der Waals surface area contributed by atoms with Crippen molar-refractivity contribution in [3.8, 4) is 0 Å². The van der Waals surface area contributed by atoms with Crippen LogP contribution in [0.1, 0.15) is 75.7 Å². The molecule has 0 rings (SSSR count). The van der Waals surface area contributed by atoms with Crippen LogP contribution in [0.15, 0.2) is 0 Å². The average molecular weight is 615 g/mol. The van der Waals surface area contributed by atoms with Crippen molar-refractivity contribution in [3.63, 3.8) is 0 Å². The van der Waals surface area contributed by atoms with Crippen molar-refractivity contribution < 1.29 is 39.0 Å². The van der Waals surface area contributed by atoms with Gasteiger partial charge in [-0.2, -0.15) is 0 Å². The molecule has 43 heavy (non-hydrogen) atoms. The summed E-state index contributed by atoms with van der Waals surface area (Å²) in [5.74, 6) is -6.43. The second-order valence-electron chi connectivity index (χ2n) is 12.4. The van der Waals surface area contributed by atoms with Crippen LogP contribution in [-0.4, -0.2) is 88.6 Å². The highest BCUT2D eigenvalue weighted by molar-refractivity contribution is 5.96. The molecule has 9 N–H and O–H groups in total. The average Bonchev–Trinajstić information content (AvgIpc) is 2.92. The SMILES string of the molecule is CC[C@H](C)[C@H](NC(=O)[C@H](CO)NC(=O)[C@@H](NC(=O)[C@@H](NC(=O)[C@@H](NC(=O)[C@@H](N)C(C)C)C(C)C)C(C)C)C(C)C)C(=O)O. The Bertz CT molecular complexity index is 971. The summed E-state index contributed by atoms with van der Waals surface area (Å²) in [5.41, 5.74) is 5.92. The Labute approximate surface area is 255 Å². The van der Waals surface area contributed by atoms with Gasteiger partial charge in [0.25, 0.3) is 0 Å². The van der Waals surface area contributed by atoms with E-state index in [0.29, 0.717) is 6.42 Å². The molecule has 0 aromatic carbocycles. The zero-order valence-corrected chi connectivity index (χ0v) is 27.2. The molecular formula is C29H54N6O8. The lowest BCUT2D eigenvalue weighted by Crippen LogP contribution is -2.62. The third-order valence-corrected chi connectivity index (χ3v) is 7.35. The summed E-state index contributed by atoms with van der Waals surface area (Å²) in [6.45, 7) is 16.4. The number of amides is 5. The number of carboxylic acids is 1. The number of hydrogen-bond donors (Lipinski definition) is 8. The number of nitrogens with two attached hydrogens (primary N) is 1. The van der Waals surface area contributed by atoms with Gasteiger partial charge in [-0.1, -0.05) is 75.7 Å². The molecule has 0 saturated heterocycles. The Morgan fingerprint density at radius 1 is 0.558 bits per heavy atom. The maximum Gasteiger partial charge on any atom is 0.326 e. The third kappa shape index (κ3) is 12.5. The smallest absolute Gasteiger partial charge is 0.326 e. The van der Waals surface area contributed by atoms with Crippen LogP contribution >= 0.6 is 0 Å². The monoisotopic (exact) mass is 614 g/mol. The summed E-state index contributed by atoms with van der Waals surface area (Å²) >= 11 is 0. The topological polar surface area (TPSA) is 229 Å². The molecule has 14 nitrogen and oxygen atoms in total. The van der Waals surface area contributed by atoms with E-state index in [1.54, 1.807) is 69.2 Å². The van der Waals surface area contributed by atoms with E-state index in [-0.39, 0.29) is 11.8 Å². The Morgan fingerprint density at radius 3 is 1.21 bits per heavy atom. The first kappa shape index (κ1) is 39.7. The highest BCUT2D eigenvalue weighted by atomic mass is 16.4. The molecule has 0 unspecified atom stereocenters. The second kappa shape index (κ2) is 18.4. The van der Waals surface area contributed by atoms with Gasteiger partial charge in [-0.15, -0.1) is 0 Å². The highest BCUT2D eigenvalue weighted by Gasteiger charge is 2.36. The Morgan fingerprint density at radius 2 is 0.907 bits per heavy atom. The molecule has 0 aromatic rings. The molecule has 0 heterocycles. The predicted molar refractivity (Wildman–Crippen MR) is 161 cm³/mol. The van der Waals surface area contributed by atoms with E-state index in [2.05, 4.69) is 26.6 Å². The number of carboxylic acid groups (broad SMARTS) is 1. The normalized spacial score (nSPS) is 16.5. The van der Waals surface area contributed by atoms with Crippen LogP contribution < -0.4 is 32.3 Å². The van der Waals surface area contributed by atoms with Crippen molar-refractivity contribution in [2.24, 2.45) is 35.3 Å². The standard InChI is InChI=1S/C29H54N6O8/c1-11-17(10)23(29(42)43)35-24(37)18(12-36)31-26(39)20(14(4)5)33-28(41)22(16(8)9)34-27(40)21(15(6)7)32-25(38)19(30)13(2)3/h13-23,36H,11-12,30H2,1-10H3,(H,31,39)(H,32,38)(H,33,41)(H,34,40)(H,35,37)(H,42,43)/t17-,18-,19-,20-,21-,22-,23-/m0/s1. The van der Waals surface area contributed by atoms with Gasteiger partial charge in [0.1, 0.15) is 30.2 Å². The minimum Gasteiger partial charge on any atom is -0.480 e. The van der Waals surface area contributed by atoms with E-state index in [4.69, 9.17) is 5.73 Å². The van der Waals surface area contributed by atoms with E-state index in [1.807, 2.05) is 0 Å². The molecule has 14 heteroatoms. The first-order valence-electron chi connectivity index (χ1n) is 14.9. The molecule has 0 aliphatic rings. The van der Waals surface area contributed by atoms with Gasteiger partial charge in [0, 0.05) is 0 Å². The summed E-state index contributed by atoms with van der Waals surface area (Å²) in [6, 6.07) is -6.73. The van der Waals surface area contributed by atoms with Crippen LogP contribution in [0.2, 0.25) is 0 Å². The Balaban J connectivity index is 5.75. The maximum atomic E-state index is 13.4. The summed E-state index contributed by atoms with van der Waals surface area (Å²) in [7, 11) is 0. The van der Waals surface area contributed by atoms with Crippen molar-refractivity contribution in [2.75, 3.05) is 6.61 Å². The molecule has 0 spiro atoms. The minimum absolute atomic E-state index is 0.154. The molecule has 0 aliphatic carbocycles. The van der Waals surface area contributed by atoms with Gasteiger partial charge in [0.05, 0.1) is 12.6 Å². The number of hydrogen-bond acceptors (Lipinski definition) is 8. The lowest BCUT2D eigenvalue weighted by molar-refractivity contribution is -0.144. The van der Waals surface area contributed by atoms with Gasteiger partial charge in [-0.05, 0) is 29.6 Å². The van der Waals surface area contributed by atoms with Crippen LogP contribution in [0.3, 0.4) is 0 Å². The van der Waals surface area contributed by atoms with Crippen LogP contribution in [0.4, 0.5) is 0 Å². The van der Waals surface area contributed by atoms with Crippen LogP contribution in [0.25, 0.3) is 0 Å². The number of aliphatic hydroxyl groups is 1. The molecule has 0 radical (unpaired) electrons. The summed E-state index contributed by atoms with van der Waals surface area (Å²) < 4.78 is 0. The zero-order valence-electron chi connectivity index (χ0n) is 27.2.